The molecule has 0 spiro atoms. The van der Waals surface area contributed by atoms with Gasteiger partial charge in [-0.1, -0.05) is 39.3 Å². The molecule has 3 nitrogen and oxygen atoms in total. The average Bonchev–Trinajstić information content (AvgIpc) is 2.41. The largest absolute Gasteiger partial charge is 0.329 e. The van der Waals surface area contributed by atoms with Crippen LogP contribution in [0.25, 0.3) is 0 Å². The topological polar surface area (TPSA) is 41.1 Å². The molecular weight excluding hydrogens is 224 g/mol. The van der Waals surface area contributed by atoms with Gasteiger partial charge in [-0.3, -0.25) is 4.79 Å². The Labute approximate surface area is 111 Å². The summed E-state index contributed by atoms with van der Waals surface area (Å²) in [6.07, 6.45) is 4.30. The molecule has 1 aromatic carbocycles. The van der Waals surface area contributed by atoms with Crippen molar-refractivity contribution in [1.29, 1.82) is 0 Å². The van der Waals surface area contributed by atoms with E-state index in [1.165, 1.54) is 24.9 Å². The highest BCUT2D eigenvalue weighted by Crippen LogP contribution is 2.09. The Bertz CT molecular complexity index is 309. The minimum Gasteiger partial charge on any atom is -0.329 e. The van der Waals surface area contributed by atoms with E-state index in [0.717, 1.165) is 18.7 Å². The number of carbonyl (C=O) groups excluding carboxylic acids is 1. The van der Waals surface area contributed by atoms with Gasteiger partial charge in [0.25, 0.3) is 0 Å². The SMILES string of the molecule is CCCCNCC.CCc1cccc(NC=O)c1. The zero-order valence-corrected chi connectivity index (χ0v) is 11.8. The predicted molar refractivity (Wildman–Crippen MR) is 79.0 cm³/mol. The highest BCUT2D eigenvalue weighted by atomic mass is 16.1. The number of rotatable bonds is 7. The lowest BCUT2D eigenvalue weighted by Crippen LogP contribution is -2.13. The Hall–Kier alpha value is -1.35. The fraction of sp³-hybridized carbons (Fsp3) is 0.533. The molecule has 102 valence electrons. The second kappa shape index (κ2) is 12.1. The third-order valence-electron chi connectivity index (χ3n) is 2.52. The maximum absolute atomic E-state index is 10.1. The van der Waals surface area contributed by atoms with Crippen LogP contribution in [0.15, 0.2) is 24.3 Å². The van der Waals surface area contributed by atoms with Crippen LogP contribution in [0.2, 0.25) is 0 Å². The van der Waals surface area contributed by atoms with Crippen LogP contribution >= 0.6 is 0 Å². The molecule has 0 saturated carbocycles. The van der Waals surface area contributed by atoms with Gasteiger partial charge in [-0.15, -0.1) is 0 Å². The van der Waals surface area contributed by atoms with E-state index in [1.807, 2.05) is 24.3 Å². The molecule has 0 aliphatic rings. The molecule has 0 heterocycles. The van der Waals surface area contributed by atoms with Gasteiger partial charge in [0.05, 0.1) is 0 Å². The van der Waals surface area contributed by atoms with Gasteiger partial charge in [0.1, 0.15) is 0 Å². The van der Waals surface area contributed by atoms with E-state index in [4.69, 9.17) is 0 Å². The van der Waals surface area contributed by atoms with Gasteiger partial charge in [-0.05, 0) is 43.6 Å². The summed E-state index contributed by atoms with van der Waals surface area (Å²) in [6, 6.07) is 7.81. The Morgan fingerprint density at radius 3 is 2.56 bits per heavy atom. The first-order chi connectivity index (χ1) is 8.78. The van der Waals surface area contributed by atoms with Crippen molar-refractivity contribution in [3.63, 3.8) is 0 Å². The summed E-state index contributed by atoms with van der Waals surface area (Å²) < 4.78 is 0. The average molecular weight is 250 g/mol. The monoisotopic (exact) mass is 250 g/mol. The standard InChI is InChI=1S/C9H11NO.C6H15N/c1-2-8-4-3-5-9(6-8)10-7-11;1-3-5-6-7-4-2/h3-7H,2H2,1H3,(H,10,11);7H,3-6H2,1-2H3. The third-order valence-corrected chi connectivity index (χ3v) is 2.52. The summed E-state index contributed by atoms with van der Waals surface area (Å²) in [6.45, 7) is 8.72. The van der Waals surface area contributed by atoms with Gasteiger partial charge in [0, 0.05) is 5.69 Å². The number of amides is 1. The Kier molecular flexibility index (Phi) is 11.2. The summed E-state index contributed by atoms with van der Waals surface area (Å²) in [4.78, 5) is 10.1. The molecule has 0 saturated heterocycles. The number of benzene rings is 1. The maximum atomic E-state index is 10.1. The first kappa shape index (κ1) is 16.6. The second-order valence-corrected chi connectivity index (χ2v) is 4.02. The zero-order valence-electron chi connectivity index (χ0n) is 11.8. The summed E-state index contributed by atoms with van der Waals surface area (Å²) in [7, 11) is 0. The fourth-order valence-corrected chi connectivity index (χ4v) is 1.43. The number of unbranched alkanes of at least 4 members (excludes halogenated alkanes) is 1. The predicted octanol–water partition coefficient (Wildman–Crippen LogP) is 3.21. The molecule has 2 N–H and O–H groups in total. The summed E-state index contributed by atoms with van der Waals surface area (Å²) in [5, 5.41) is 5.85. The van der Waals surface area contributed by atoms with E-state index in [0.29, 0.717) is 6.41 Å². The Balaban J connectivity index is 0.000000360. The maximum Gasteiger partial charge on any atom is 0.211 e. The number of carbonyl (C=O) groups is 1. The minimum absolute atomic E-state index is 0.689. The van der Waals surface area contributed by atoms with Crippen molar-refractivity contribution in [2.75, 3.05) is 18.4 Å². The molecule has 0 aliphatic heterocycles. The van der Waals surface area contributed by atoms with E-state index >= 15 is 0 Å². The van der Waals surface area contributed by atoms with Crippen LogP contribution in [0.3, 0.4) is 0 Å². The number of hydrogen-bond acceptors (Lipinski definition) is 2. The van der Waals surface area contributed by atoms with Gasteiger partial charge in [0.15, 0.2) is 0 Å². The molecule has 0 aromatic heterocycles. The van der Waals surface area contributed by atoms with Crippen molar-refractivity contribution < 1.29 is 4.79 Å². The molecule has 18 heavy (non-hydrogen) atoms. The normalized spacial score (nSPS) is 9.28. The zero-order chi connectivity index (χ0) is 13.6. The number of hydrogen-bond donors (Lipinski definition) is 2. The molecule has 0 bridgehead atoms. The molecule has 0 aliphatic carbocycles. The van der Waals surface area contributed by atoms with Crippen LogP contribution < -0.4 is 10.6 Å². The lowest BCUT2D eigenvalue weighted by atomic mass is 10.1. The van der Waals surface area contributed by atoms with Crippen LogP contribution in [0, 0.1) is 0 Å². The highest BCUT2D eigenvalue weighted by Gasteiger charge is 1.90. The van der Waals surface area contributed by atoms with Crippen molar-refractivity contribution in [2.45, 2.75) is 40.0 Å². The molecule has 0 radical (unpaired) electrons. The van der Waals surface area contributed by atoms with Gasteiger partial charge >= 0.3 is 0 Å². The van der Waals surface area contributed by atoms with Crippen molar-refractivity contribution in [3.8, 4) is 0 Å². The third kappa shape index (κ3) is 8.76. The first-order valence-electron chi connectivity index (χ1n) is 6.78. The number of aryl methyl sites for hydroxylation is 1. The summed E-state index contributed by atoms with van der Waals surface area (Å²) >= 11 is 0. The van der Waals surface area contributed by atoms with Crippen LogP contribution in [-0.4, -0.2) is 19.5 Å². The van der Waals surface area contributed by atoms with E-state index in [1.54, 1.807) is 0 Å². The van der Waals surface area contributed by atoms with Gasteiger partial charge in [-0.25, -0.2) is 0 Å². The molecule has 3 heteroatoms. The van der Waals surface area contributed by atoms with Crippen LogP contribution in [0.1, 0.15) is 39.2 Å². The highest BCUT2D eigenvalue weighted by molar-refractivity contribution is 5.71. The molecule has 1 rings (SSSR count). The Morgan fingerprint density at radius 2 is 2.00 bits per heavy atom. The lowest BCUT2D eigenvalue weighted by Gasteiger charge is -1.99. The van der Waals surface area contributed by atoms with E-state index in [9.17, 15) is 4.79 Å². The minimum atomic E-state index is 0.689. The van der Waals surface area contributed by atoms with Gasteiger partial charge in [0.2, 0.25) is 6.41 Å². The molecule has 1 amide bonds. The van der Waals surface area contributed by atoms with Crippen molar-refractivity contribution in [2.24, 2.45) is 0 Å². The van der Waals surface area contributed by atoms with Crippen LogP contribution in [0.5, 0.6) is 0 Å². The van der Waals surface area contributed by atoms with Gasteiger partial charge in [-0.2, -0.15) is 0 Å². The van der Waals surface area contributed by atoms with E-state index < -0.39 is 0 Å². The summed E-state index contributed by atoms with van der Waals surface area (Å²) in [5.74, 6) is 0. The number of nitrogens with one attached hydrogen (secondary N) is 2. The number of anilines is 1. The molecule has 0 fully saturated rings. The van der Waals surface area contributed by atoms with Crippen molar-refractivity contribution in [3.05, 3.63) is 29.8 Å². The van der Waals surface area contributed by atoms with Gasteiger partial charge < -0.3 is 10.6 Å². The Morgan fingerprint density at radius 1 is 1.22 bits per heavy atom. The van der Waals surface area contributed by atoms with Crippen molar-refractivity contribution in [1.82, 2.24) is 5.32 Å². The molecule has 0 unspecified atom stereocenters. The quantitative estimate of drug-likeness (QED) is 0.576. The molecule has 0 atom stereocenters. The van der Waals surface area contributed by atoms with Crippen LogP contribution in [-0.2, 0) is 11.2 Å². The van der Waals surface area contributed by atoms with Crippen molar-refractivity contribution >= 4 is 12.1 Å². The van der Waals surface area contributed by atoms with E-state index in [-0.39, 0.29) is 0 Å². The summed E-state index contributed by atoms with van der Waals surface area (Å²) in [5.41, 5.74) is 2.09. The molecular formula is C15H26N2O. The molecule has 1 aromatic rings. The van der Waals surface area contributed by atoms with E-state index in [2.05, 4.69) is 31.4 Å². The second-order valence-electron chi connectivity index (χ2n) is 4.02. The lowest BCUT2D eigenvalue weighted by molar-refractivity contribution is -0.105. The van der Waals surface area contributed by atoms with Crippen LogP contribution in [0.4, 0.5) is 5.69 Å². The smallest absolute Gasteiger partial charge is 0.211 e. The fourth-order valence-electron chi connectivity index (χ4n) is 1.43. The first-order valence-corrected chi connectivity index (χ1v) is 6.78.